The van der Waals surface area contributed by atoms with E-state index < -0.39 is 30.0 Å². The molecule has 20 heavy (non-hydrogen) atoms. The van der Waals surface area contributed by atoms with Gasteiger partial charge in [0, 0.05) is 0 Å². The van der Waals surface area contributed by atoms with E-state index in [1.165, 1.54) is 13.0 Å². The number of hydrogen-bond donors (Lipinski definition) is 2. The molecule has 0 bridgehead atoms. The van der Waals surface area contributed by atoms with Crippen LogP contribution in [0, 0.1) is 12.3 Å². The van der Waals surface area contributed by atoms with E-state index in [0.29, 0.717) is 5.56 Å². The van der Waals surface area contributed by atoms with Crippen LogP contribution in [0.4, 0.5) is 26.3 Å². The maximum atomic E-state index is 12.4. The van der Waals surface area contributed by atoms with Crippen molar-refractivity contribution in [3.05, 3.63) is 29.3 Å². The van der Waals surface area contributed by atoms with Gasteiger partial charge in [-0.3, -0.25) is 5.41 Å². The molecule has 0 radical (unpaired) electrons. The number of nitrogen functional groups attached to an aromatic ring is 1. The predicted octanol–water partition coefficient (Wildman–Crippen LogP) is 3.15. The largest absolute Gasteiger partial charge is 0.471 e. The Balaban J connectivity index is 3.24. The minimum atomic E-state index is -5.63. The standard InChI is InChI=1S/C11H10F6N2O/c1-5-2-3-6(8(18)19)7(4-5)20-9(10(12,13)14)11(15,16)17/h2-4,9H,1H3,(H3,18,19). The minimum Gasteiger partial charge on any atom is -0.471 e. The fourth-order valence-corrected chi connectivity index (χ4v) is 1.40. The van der Waals surface area contributed by atoms with Crippen molar-refractivity contribution in [3.63, 3.8) is 0 Å². The summed E-state index contributed by atoms with van der Waals surface area (Å²) in [6, 6.07) is 3.47. The molecule has 0 fully saturated rings. The van der Waals surface area contributed by atoms with Crippen LogP contribution in [0.2, 0.25) is 0 Å². The number of halogens is 6. The maximum absolute atomic E-state index is 12.4. The number of hydrogen-bond acceptors (Lipinski definition) is 2. The average Bonchev–Trinajstić information content (AvgIpc) is 2.22. The maximum Gasteiger partial charge on any atom is 0.434 e. The Morgan fingerprint density at radius 3 is 2.05 bits per heavy atom. The van der Waals surface area contributed by atoms with Gasteiger partial charge in [0.05, 0.1) is 5.56 Å². The summed E-state index contributed by atoms with van der Waals surface area (Å²) >= 11 is 0. The number of nitrogens with one attached hydrogen (secondary N) is 1. The van der Waals surface area contributed by atoms with E-state index in [1.54, 1.807) is 0 Å². The van der Waals surface area contributed by atoms with Crippen LogP contribution in [0.25, 0.3) is 0 Å². The summed E-state index contributed by atoms with van der Waals surface area (Å²) < 4.78 is 78.5. The number of nitrogens with two attached hydrogens (primary N) is 1. The molecule has 0 aliphatic carbocycles. The summed E-state index contributed by atoms with van der Waals surface area (Å²) in [5, 5.41) is 7.14. The lowest BCUT2D eigenvalue weighted by atomic mass is 10.1. The smallest absolute Gasteiger partial charge is 0.434 e. The molecule has 0 aliphatic heterocycles. The van der Waals surface area contributed by atoms with Crippen LogP contribution in [0.3, 0.4) is 0 Å². The van der Waals surface area contributed by atoms with E-state index in [0.717, 1.165) is 12.1 Å². The van der Waals surface area contributed by atoms with E-state index in [9.17, 15) is 26.3 Å². The Labute approximate surface area is 109 Å². The zero-order valence-corrected chi connectivity index (χ0v) is 10.1. The molecule has 0 atom stereocenters. The highest BCUT2D eigenvalue weighted by Crippen LogP contribution is 2.37. The number of aryl methyl sites for hydroxylation is 1. The Morgan fingerprint density at radius 1 is 1.15 bits per heavy atom. The van der Waals surface area contributed by atoms with Crippen molar-refractivity contribution < 1.29 is 31.1 Å². The Morgan fingerprint density at radius 2 is 1.65 bits per heavy atom. The monoisotopic (exact) mass is 300 g/mol. The normalized spacial score (nSPS) is 12.6. The SMILES string of the molecule is Cc1ccc(C(=N)N)c(OC(C(F)(F)F)C(F)(F)F)c1. The van der Waals surface area contributed by atoms with Crippen molar-refractivity contribution in [1.29, 1.82) is 5.41 Å². The Hall–Kier alpha value is -1.93. The molecular weight excluding hydrogens is 290 g/mol. The molecule has 0 amide bonds. The van der Waals surface area contributed by atoms with E-state index in [2.05, 4.69) is 4.74 Å². The fraction of sp³-hybridized carbons (Fsp3) is 0.364. The summed E-state index contributed by atoms with van der Waals surface area (Å²) in [6.07, 6.45) is -15.2. The van der Waals surface area contributed by atoms with Crippen molar-refractivity contribution >= 4 is 5.84 Å². The summed E-state index contributed by atoms with van der Waals surface area (Å²) in [7, 11) is 0. The van der Waals surface area contributed by atoms with E-state index >= 15 is 0 Å². The highest BCUT2D eigenvalue weighted by Gasteiger charge is 2.59. The first-order valence-electron chi connectivity index (χ1n) is 5.18. The highest BCUT2D eigenvalue weighted by atomic mass is 19.4. The van der Waals surface area contributed by atoms with Crippen LogP contribution in [0.1, 0.15) is 11.1 Å². The predicted molar refractivity (Wildman–Crippen MR) is 58.7 cm³/mol. The van der Waals surface area contributed by atoms with Gasteiger partial charge in [-0.15, -0.1) is 0 Å². The van der Waals surface area contributed by atoms with Crippen LogP contribution in [-0.4, -0.2) is 24.3 Å². The molecule has 0 aliphatic rings. The van der Waals surface area contributed by atoms with Gasteiger partial charge in [0.15, 0.2) is 0 Å². The molecular formula is C11H10F6N2O. The number of rotatable bonds is 3. The van der Waals surface area contributed by atoms with Gasteiger partial charge in [-0.2, -0.15) is 26.3 Å². The molecule has 3 N–H and O–H groups in total. The zero-order chi connectivity index (χ0) is 15.7. The molecule has 0 aromatic heterocycles. The van der Waals surface area contributed by atoms with Crippen LogP contribution in [0.15, 0.2) is 18.2 Å². The van der Waals surface area contributed by atoms with Gasteiger partial charge >= 0.3 is 12.4 Å². The van der Waals surface area contributed by atoms with Crippen molar-refractivity contribution in [2.45, 2.75) is 25.4 Å². The van der Waals surface area contributed by atoms with E-state index in [4.69, 9.17) is 11.1 Å². The lowest BCUT2D eigenvalue weighted by Crippen LogP contribution is -2.46. The second kappa shape index (κ2) is 5.22. The lowest BCUT2D eigenvalue weighted by molar-refractivity contribution is -0.299. The quantitative estimate of drug-likeness (QED) is 0.512. The first kappa shape index (κ1) is 16.1. The van der Waals surface area contributed by atoms with Gasteiger partial charge < -0.3 is 10.5 Å². The number of benzene rings is 1. The van der Waals surface area contributed by atoms with E-state index in [1.807, 2.05) is 0 Å². The molecule has 3 nitrogen and oxygen atoms in total. The second-order valence-electron chi connectivity index (χ2n) is 3.99. The molecule has 1 aromatic carbocycles. The van der Waals surface area contributed by atoms with Gasteiger partial charge in [-0.25, -0.2) is 0 Å². The average molecular weight is 300 g/mol. The molecule has 0 unspecified atom stereocenters. The van der Waals surface area contributed by atoms with Crippen LogP contribution < -0.4 is 10.5 Å². The summed E-state index contributed by atoms with van der Waals surface area (Å²) in [4.78, 5) is 0. The summed E-state index contributed by atoms with van der Waals surface area (Å²) in [5.41, 5.74) is 5.13. The lowest BCUT2D eigenvalue weighted by Gasteiger charge is -2.25. The molecule has 0 saturated carbocycles. The molecule has 0 heterocycles. The molecule has 1 rings (SSSR count). The number of ether oxygens (including phenoxy) is 1. The number of amidine groups is 1. The van der Waals surface area contributed by atoms with Crippen LogP contribution >= 0.6 is 0 Å². The Kier molecular flexibility index (Phi) is 4.21. The van der Waals surface area contributed by atoms with Crippen molar-refractivity contribution in [2.75, 3.05) is 0 Å². The minimum absolute atomic E-state index is 0.339. The molecule has 0 saturated heterocycles. The van der Waals surface area contributed by atoms with Crippen molar-refractivity contribution in [2.24, 2.45) is 5.73 Å². The van der Waals surface area contributed by atoms with Crippen LogP contribution in [0.5, 0.6) is 5.75 Å². The first-order valence-corrected chi connectivity index (χ1v) is 5.18. The topological polar surface area (TPSA) is 59.1 Å². The van der Waals surface area contributed by atoms with Crippen molar-refractivity contribution in [1.82, 2.24) is 0 Å². The third-order valence-electron chi connectivity index (χ3n) is 2.27. The third kappa shape index (κ3) is 3.78. The fourth-order valence-electron chi connectivity index (χ4n) is 1.40. The summed E-state index contributed by atoms with van der Waals surface area (Å²) in [6.45, 7) is 1.45. The summed E-state index contributed by atoms with van der Waals surface area (Å²) in [5.74, 6) is -1.43. The van der Waals surface area contributed by atoms with Gasteiger partial charge in [-0.05, 0) is 24.6 Å². The van der Waals surface area contributed by atoms with E-state index in [-0.39, 0.29) is 5.56 Å². The van der Waals surface area contributed by atoms with Gasteiger partial charge in [-0.1, -0.05) is 6.07 Å². The van der Waals surface area contributed by atoms with Crippen molar-refractivity contribution in [3.8, 4) is 5.75 Å². The molecule has 1 aromatic rings. The number of alkyl halides is 6. The van der Waals surface area contributed by atoms with Crippen LogP contribution in [-0.2, 0) is 0 Å². The third-order valence-corrected chi connectivity index (χ3v) is 2.27. The first-order chi connectivity index (χ1) is 8.93. The van der Waals surface area contributed by atoms with Gasteiger partial charge in [0.25, 0.3) is 6.10 Å². The van der Waals surface area contributed by atoms with Gasteiger partial charge in [0.2, 0.25) is 0 Å². The second-order valence-corrected chi connectivity index (χ2v) is 3.99. The molecule has 9 heteroatoms. The van der Waals surface area contributed by atoms with Gasteiger partial charge in [0.1, 0.15) is 11.6 Å². The molecule has 0 spiro atoms. The molecule has 112 valence electrons. The highest BCUT2D eigenvalue weighted by molar-refractivity contribution is 5.97. The zero-order valence-electron chi connectivity index (χ0n) is 10.1. The Bertz CT molecular complexity index is 495.